The van der Waals surface area contributed by atoms with Gasteiger partial charge in [-0.1, -0.05) is 6.92 Å². The molecule has 2 N–H and O–H groups in total. The highest BCUT2D eigenvalue weighted by atomic mass is 32.2. The van der Waals surface area contributed by atoms with Crippen LogP contribution in [0, 0.1) is 0 Å². The number of sulfonamides is 1. The van der Waals surface area contributed by atoms with E-state index in [0.717, 1.165) is 25.9 Å². The zero-order valence-electron chi connectivity index (χ0n) is 13.0. The number of hydrogen-bond acceptors (Lipinski definition) is 5. The second kappa shape index (κ2) is 6.33. The fourth-order valence-corrected chi connectivity index (χ4v) is 4.52. The summed E-state index contributed by atoms with van der Waals surface area (Å²) in [6.07, 6.45) is 3.25. The zero-order chi connectivity index (χ0) is 15.6. The van der Waals surface area contributed by atoms with Gasteiger partial charge in [-0.3, -0.25) is 4.68 Å². The van der Waals surface area contributed by atoms with Gasteiger partial charge in [0, 0.05) is 31.9 Å². The number of rotatable bonds is 4. The van der Waals surface area contributed by atoms with E-state index < -0.39 is 10.0 Å². The number of aryl methyl sites for hydroxylation is 1. The Morgan fingerprint density at radius 1 is 1.43 bits per heavy atom. The molecule has 1 unspecified atom stereocenters. The fourth-order valence-electron chi connectivity index (χ4n) is 2.79. The van der Waals surface area contributed by atoms with E-state index in [-0.39, 0.29) is 16.8 Å². The summed E-state index contributed by atoms with van der Waals surface area (Å²) in [4.78, 5) is 2.29. The molecule has 0 radical (unpaired) electrons. The second-order valence-electron chi connectivity index (χ2n) is 5.72. The lowest BCUT2D eigenvalue weighted by atomic mass is 10.3. The molecular weight excluding hydrogens is 290 g/mol. The normalized spacial score (nSPS) is 22.3. The van der Waals surface area contributed by atoms with Crippen LogP contribution in [0.4, 0.5) is 5.82 Å². The van der Waals surface area contributed by atoms with Gasteiger partial charge < -0.3 is 10.6 Å². The molecule has 21 heavy (non-hydrogen) atoms. The summed E-state index contributed by atoms with van der Waals surface area (Å²) in [5.74, 6) is 0.0910. The van der Waals surface area contributed by atoms with Crippen LogP contribution in [0.2, 0.25) is 0 Å². The van der Waals surface area contributed by atoms with Gasteiger partial charge in [0.25, 0.3) is 0 Å². The van der Waals surface area contributed by atoms with Crippen molar-refractivity contribution in [3.8, 4) is 0 Å². The van der Waals surface area contributed by atoms with Gasteiger partial charge in [0.15, 0.2) is 5.82 Å². The molecule has 0 aromatic carbocycles. The summed E-state index contributed by atoms with van der Waals surface area (Å²) < 4.78 is 28.9. The van der Waals surface area contributed by atoms with E-state index in [1.54, 1.807) is 15.2 Å². The lowest BCUT2D eigenvalue weighted by molar-refractivity contribution is 0.290. The standard InChI is InChI=1S/C13H25N5O2S/c1-4-6-17-10-12(13(14)15-17)21(19,20)18-8-5-7-16(3)9-11(18)2/h10-11H,4-9H2,1-3H3,(H2,14,15). The highest BCUT2D eigenvalue weighted by Crippen LogP contribution is 2.24. The maximum Gasteiger partial charge on any atom is 0.248 e. The number of anilines is 1. The minimum Gasteiger partial charge on any atom is -0.381 e. The van der Waals surface area contributed by atoms with Crippen molar-refractivity contribution in [2.45, 2.75) is 44.2 Å². The Kier molecular flexibility index (Phi) is 4.90. The molecule has 1 fully saturated rings. The van der Waals surface area contributed by atoms with Gasteiger partial charge in [-0.15, -0.1) is 0 Å². The van der Waals surface area contributed by atoms with Gasteiger partial charge in [0.05, 0.1) is 0 Å². The number of nitrogens with zero attached hydrogens (tertiary/aromatic N) is 4. The Balaban J connectivity index is 2.32. The van der Waals surface area contributed by atoms with Gasteiger partial charge in [0.2, 0.25) is 10.0 Å². The van der Waals surface area contributed by atoms with Gasteiger partial charge in [-0.2, -0.15) is 9.40 Å². The topological polar surface area (TPSA) is 84.5 Å². The number of nitrogens with two attached hydrogens (primary N) is 1. The van der Waals surface area contributed by atoms with Crippen molar-refractivity contribution in [1.82, 2.24) is 19.0 Å². The van der Waals surface area contributed by atoms with Crippen molar-refractivity contribution < 1.29 is 8.42 Å². The van der Waals surface area contributed by atoms with E-state index in [1.165, 1.54) is 0 Å². The van der Waals surface area contributed by atoms with Crippen LogP contribution in [0.25, 0.3) is 0 Å². The molecule has 120 valence electrons. The van der Waals surface area contributed by atoms with Gasteiger partial charge in [-0.25, -0.2) is 8.42 Å². The lowest BCUT2D eigenvalue weighted by Gasteiger charge is -2.26. The summed E-state index contributed by atoms with van der Waals surface area (Å²) in [7, 11) is -1.57. The van der Waals surface area contributed by atoms with Crippen molar-refractivity contribution in [2.24, 2.45) is 0 Å². The van der Waals surface area contributed by atoms with Crippen LogP contribution < -0.4 is 5.73 Å². The molecule has 8 heteroatoms. The Morgan fingerprint density at radius 3 is 2.81 bits per heavy atom. The van der Waals surface area contributed by atoms with Crippen LogP contribution in [0.1, 0.15) is 26.7 Å². The smallest absolute Gasteiger partial charge is 0.248 e. The van der Waals surface area contributed by atoms with Crippen molar-refractivity contribution in [2.75, 3.05) is 32.4 Å². The number of hydrogen-bond donors (Lipinski definition) is 1. The number of aromatic nitrogens is 2. The predicted octanol–water partition coefficient (Wildman–Crippen LogP) is 0.590. The Morgan fingerprint density at radius 2 is 2.14 bits per heavy atom. The van der Waals surface area contributed by atoms with Gasteiger partial charge in [-0.05, 0) is 33.4 Å². The summed E-state index contributed by atoms with van der Waals surface area (Å²) in [6, 6.07) is -0.0728. The van der Waals surface area contributed by atoms with Crippen LogP contribution in [-0.2, 0) is 16.6 Å². The molecule has 0 amide bonds. The quantitative estimate of drug-likeness (QED) is 0.879. The highest BCUT2D eigenvalue weighted by molar-refractivity contribution is 7.89. The molecule has 0 aliphatic carbocycles. The minimum atomic E-state index is -3.59. The summed E-state index contributed by atoms with van der Waals surface area (Å²) in [6.45, 7) is 6.76. The van der Waals surface area contributed by atoms with E-state index >= 15 is 0 Å². The molecule has 0 bridgehead atoms. The first-order valence-corrected chi connectivity index (χ1v) is 8.83. The molecule has 7 nitrogen and oxygen atoms in total. The molecule has 1 atom stereocenters. The SMILES string of the molecule is CCCn1cc(S(=O)(=O)N2CCCN(C)CC2C)c(N)n1. The molecular formula is C13H25N5O2S. The Bertz CT molecular complexity index is 583. The summed E-state index contributed by atoms with van der Waals surface area (Å²) in [5.41, 5.74) is 5.83. The first-order valence-electron chi connectivity index (χ1n) is 7.39. The molecule has 2 heterocycles. The number of nitrogen functional groups attached to an aromatic ring is 1. The first-order chi connectivity index (χ1) is 9.86. The largest absolute Gasteiger partial charge is 0.381 e. The van der Waals surface area contributed by atoms with Crippen LogP contribution >= 0.6 is 0 Å². The predicted molar refractivity (Wildman–Crippen MR) is 82.4 cm³/mol. The Hall–Kier alpha value is -1.12. The van der Waals surface area contributed by atoms with E-state index in [0.29, 0.717) is 13.1 Å². The summed E-state index contributed by atoms with van der Waals surface area (Å²) >= 11 is 0. The van der Waals surface area contributed by atoms with Crippen molar-refractivity contribution in [1.29, 1.82) is 0 Å². The van der Waals surface area contributed by atoms with E-state index in [2.05, 4.69) is 10.00 Å². The monoisotopic (exact) mass is 315 g/mol. The maximum atomic E-state index is 12.9. The highest BCUT2D eigenvalue weighted by Gasteiger charge is 2.33. The third kappa shape index (κ3) is 3.38. The third-order valence-corrected chi connectivity index (χ3v) is 5.81. The molecule has 0 saturated carbocycles. The summed E-state index contributed by atoms with van der Waals surface area (Å²) in [5, 5.41) is 4.10. The number of likely N-dealkylation sites (N-methyl/N-ethyl adjacent to an activating group) is 1. The molecule has 1 saturated heterocycles. The molecule has 1 aromatic rings. The van der Waals surface area contributed by atoms with Crippen LogP contribution in [0.15, 0.2) is 11.1 Å². The molecule has 0 spiro atoms. The van der Waals surface area contributed by atoms with Crippen LogP contribution in [0.5, 0.6) is 0 Å². The fraction of sp³-hybridized carbons (Fsp3) is 0.769. The van der Waals surface area contributed by atoms with Crippen molar-refractivity contribution >= 4 is 15.8 Å². The zero-order valence-corrected chi connectivity index (χ0v) is 13.8. The molecule has 1 aromatic heterocycles. The average molecular weight is 315 g/mol. The van der Waals surface area contributed by atoms with E-state index in [4.69, 9.17) is 5.73 Å². The van der Waals surface area contributed by atoms with Crippen molar-refractivity contribution in [3.05, 3.63) is 6.20 Å². The average Bonchev–Trinajstić information content (AvgIpc) is 2.66. The van der Waals surface area contributed by atoms with E-state index in [1.807, 2.05) is 20.9 Å². The van der Waals surface area contributed by atoms with Gasteiger partial charge >= 0.3 is 0 Å². The Labute approximate surface area is 126 Å². The van der Waals surface area contributed by atoms with Gasteiger partial charge in [0.1, 0.15) is 4.90 Å². The van der Waals surface area contributed by atoms with E-state index in [9.17, 15) is 8.42 Å². The van der Waals surface area contributed by atoms with Crippen LogP contribution in [-0.4, -0.2) is 60.1 Å². The third-order valence-electron chi connectivity index (χ3n) is 3.78. The molecule has 1 aliphatic heterocycles. The maximum absolute atomic E-state index is 12.9. The minimum absolute atomic E-state index is 0.0728. The molecule has 2 rings (SSSR count). The van der Waals surface area contributed by atoms with Crippen LogP contribution in [0.3, 0.4) is 0 Å². The molecule has 1 aliphatic rings. The lowest BCUT2D eigenvalue weighted by Crippen LogP contribution is -2.42. The second-order valence-corrected chi connectivity index (χ2v) is 7.58. The van der Waals surface area contributed by atoms with Crippen molar-refractivity contribution in [3.63, 3.8) is 0 Å². The first kappa shape index (κ1) is 16.3.